The summed E-state index contributed by atoms with van der Waals surface area (Å²) in [5.74, 6) is 0.902. The number of ether oxygens (including phenoxy) is 1. The van der Waals surface area contributed by atoms with Crippen molar-refractivity contribution in [2.24, 2.45) is 11.3 Å². The number of nitrogens with one attached hydrogen (secondary N) is 1. The molecule has 3 rings (SSSR count). The Kier molecular flexibility index (Phi) is 3.69. The summed E-state index contributed by atoms with van der Waals surface area (Å²) in [6.07, 6.45) is 6.82. The molecule has 0 aliphatic carbocycles. The van der Waals surface area contributed by atoms with Gasteiger partial charge in [0.1, 0.15) is 0 Å². The van der Waals surface area contributed by atoms with Gasteiger partial charge in [-0.3, -0.25) is 0 Å². The van der Waals surface area contributed by atoms with Gasteiger partial charge in [0.2, 0.25) is 0 Å². The van der Waals surface area contributed by atoms with Crippen molar-refractivity contribution in [1.82, 2.24) is 10.2 Å². The third-order valence-electron chi connectivity index (χ3n) is 5.11. The zero-order chi connectivity index (χ0) is 11.6. The van der Waals surface area contributed by atoms with Crippen molar-refractivity contribution in [1.29, 1.82) is 0 Å². The number of hydrogen-bond acceptors (Lipinski definition) is 3. The van der Waals surface area contributed by atoms with Crippen molar-refractivity contribution in [2.45, 2.75) is 32.1 Å². The molecule has 0 amide bonds. The molecule has 3 aliphatic rings. The Morgan fingerprint density at radius 1 is 1.12 bits per heavy atom. The molecular formula is C14H26N2O. The molecule has 0 aromatic rings. The molecule has 0 aromatic carbocycles. The summed E-state index contributed by atoms with van der Waals surface area (Å²) in [6, 6.07) is 0. The van der Waals surface area contributed by atoms with Gasteiger partial charge in [0.15, 0.2) is 0 Å². The number of hydrogen-bond donors (Lipinski definition) is 1. The molecule has 3 fully saturated rings. The van der Waals surface area contributed by atoms with Crippen LogP contribution < -0.4 is 5.32 Å². The van der Waals surface area contributed by atoms with E-state index in [-0.39, 0.29) is 0 Å². The molecule has 0 unspecified atom stereocenters. The van der Waals surface area contributed by atoms with Crippen LogP contribution >= 0.6 is 0 Å². The minimum atomic E-state index is 0.673. The van der Waals surface area contributed by atoms with Crippen molar-refractivity contribution in [2.75, 3.05) is 45.9 Å². The fourth-order valence-electron chi connectivity index (χ4n) is 3.73. The maximum Gasteiger partial charge on any atom is 0.0469 e. The first kappa shape index (κ1) is 11.9. The van der Waals surface area contributed by atoms with Gasteiger partial charge < -0.3 is 15.0 Å². The van der Waals surface area contributed by atoms with Crippen molar-refractivity contribution >= 4 is 0 Å². The fraction of sp³-hybridized carbons (Fsp3) is 1.00. The molecule has 1 spiro atoms. The minimum absolute atomic E-state index is 0.673. The average molecular weight is 238 g/mol. The highest BCUT2D eigenvalue weighted by molar-refractivity contribution is 4.92. The van der Waals surface area contributed by atoms with Gasteiger partial charge in [0, 0.05) is 26.3 Å². The Labute approximate surface area is 105 Å². The molecule has 0 aromatic heterocycles. The first-order chi connectivity index (χ1) is 8.36. The standard InChI is InChI=1S/C14H26N2O/c1-9-17-10-2-13(1)11-16-7-4-14(5-8-16)3-6-15-12-14/h13,15H,1-12H2. The third kappa shape index (κ3) is 2.83. The number of likely N-dealkylation sites (tertiary alicyclic amines) is 1. The topological polar surface area (TPSA) is 24.5 Å². The maximum absolute atomic E-state index is 5.44. The van der Waals surface area contributed by atoms with Crippen LogP contribution in [0, 0.1) is 11.3 Å². The van der Waals surface area contributed by atoms with Crippen LogP contribution in [0.5, 0.6) is 0 Å². The smallest absolute Gasteiger partial charge is 0.0469 e. The van der Waals surface area contributed by atoms with Gasteiger partial charge in [0.25, 0.3) is 0 Å². The van der Waals surface area contributed by atoms with Gasteiger partial charge in [-0.1, -0.05) is 0 Å². The van der Waals surface area contributed by atoms with Crippen LogP contribution in [-0.4, -0.2) is 50.8 Å². The molecular weight excluding hydrogens is 212 g/mol. The molecule has 0 atom stereocenters. The normalized spacial score (nSPS) is 31.1. The van der Waals surface area contributed by atoms with E-state index >= 15 is 0 Å². The Balaban J connectivity index is 1.44. The van der Waals surface area contributed by atoms with E-state index < -0.39 is 0 Å². The van der Waals surface area contributed by atoms with E-state index in [0.717, 1.165) is 19.1 Å². The van der Waals surface area contributed by atoms with E-state index in [1.165, 1.54) is 64.8 Å². The summed E-state index contributed by atoms with van der Waals surface area (Å²) >= 11 is 0. The lowest BCUT2D eigenvalue weighted by Gasteiger charge is -2.40. The van der Waals surface area contributed by atoms with Crippen LogP contribution in [-0.2, 0) is 4.74 Å². The third-order valence-corrected chi connectivity index (χ3v) is 5.11. The van der Waals surface area contributed by atoms with Gasteiger partial charge >= 0.3 is 0 Å². The largest absolute Gasteiger partial charge is 0.381 e. The van der Waals surface area contributed by atoms with Crippen LogP contribution in [0.3, 0.4) is 0 Å². The van der Waals surface area contributed by atoms with E-state index in [4.69, 9.17) is 4.74 Å². The molecule has 1 N–H and O–H groups in total. The van der Waals surface area contributed by atoms with Crippen LogP contribution in [0.2, 0.25) is 0 Å². The highest BCUT2D eigenvalue weighted by Crippen LogP contribution is 2.37. The zero-order valence-electron chi connectivity index (χ0n) is 10.9. The monoisotopic (exact) mass is 238 g/mol. The summed E-state index contributed by atoms with van der Waals surface area (Å²) in [5.41, 5.74) is 0.673. The van der Waals surface area contributed by atoms with Gasteiger partial charge in [-0.2, -0.15) is 0 Å². The number of piperidine rings is 1. The number of nitrogens with zero attached hydrogens (tertiary/aromatic N) is 1. The second-order valence-electron chi connectivity index (χ2n) is 6.28. The van der Waals surface area contributed by atoms with E-state index in [1.54, 1.807) is 0 Å². The Hall–Kier alpha value is -0.120. The van der Waals surface area contributed by atoms with Crippen LogP contribution in [0.25, 0.3) is 0 Å². The van der Waals surface area contributed by atoms with Gasteiger partial charge in [-0.15, -0.1) is 0 Å². The Morgan fingerprint density at radius 3 is 2.53 bits per heavy atom. The molecule has 3 heteroatoms. The SMILES string of the molecule is C1CC2(CCN(CC3CCOCC3)CC2)CN1. The number of rotatable bonds is 2. The molecule has 0 bridgehead atoms. The predicted molar refractivity (Wildman–Crippen MR) is 69.1 cm³/mol. The Morgan fingerprint density at radius 2 is 1.88 bits per heavy atom. The van der Waals surface area contributed by atoms with Crippen molar-refractivity contribution in [3.8, 4) is 0 Å². The quantitative estimate of drug-likeness (QED) is 0.789. The van der Waals surface area contributed by atoms with Gasteiger partial charge in [-0.05, 0) is 63.1 Å². The summed E-state index contributed by atoms with van der Waals surface area (Å²) in [5, 5.41) is 3.54. The fourth-order valence-corrected chi connectivity index (χ4v) is 3.73. The van der Waals surface area contributed by atoms with Crippen LogP contribution in [0.4, 0.5) is 0 Å². The van der Waals surface area contributed by atoms with Crippen molar-refractivity contribution in [3.05, 3.63) is 0 Å². The zero-order valence-corrected chi connectivity index (χ0v) is 10.9. The van der Waals surface area contributed by atoms with Crippen molar-refractivity contribution in [3.63, 3.8) is 0 Å². The summed E-state index contributed by atoms with van der Waals surface area (Å²) in [6.45, 7) is 8.50. The first-order valence-electron chi connectivity index (χ1n) is 7.37. The average Bonchev–Trinajstić information content (AvgIpc) is 2.83. The molecule has 3 saturated heterocycles. The Bertz CT molecular complexity index is 235. The van der Waals surface area contributed by atoms with E-state index in [0.29, 0.717) is 5.41 Å². The molecule has 3 aliphatic heterocycles. The molecule has 3 nitrogen and oxygen atoms in total. The summed E-state index contributed by atoms with van der Waals surface area (Å²) < 4.78 is 5.44. The predicted octanol–water partition coefficient (Wildman–Crippen LogP) is 1.49. The first-order valence-corrected chi connectivity index (χ1v) is 7.37. The highest BCUT2D eigenvalue weighted by atomic mass is 16.5. The van der Waals surface area contributed by atoms with E-state index in [9.17, 15) is 0 Å². The second kappa shape index (κ2) is 5.25. The van der Waals surface area contributed by atoms with Gasteiger partial charge in [0.05, 0.1) is 0 Å². The molecule has 0 radical (unpaired) electrons. The van der Waals surface area contributed by atoms with Crippen molar-refractivity contribution < 1.29 is 4.74 Å². The maximum atomic E-state index is 5.44. The summed E-state index contributed by atoms with van der Waals surface area (Å²) in [4.78, 5) is 2.71. The molecule has 3 heterocycles. The second-order valence-corrected chi connectivity index (χ2v) is 6.28. The lowest BCUT2D eigenvalue weighted by Crippen LogP contribution is -2.43. The molecule has 17 heavy (non-hydrogen) atoms. The highest BCUT2D eigenvalue weighted by Gasteiger charge is 2.37. The molecule has 0 saturated carbocycles. The van der Waals surface area contributed by atoms with Gasteiger partial charge in [-0.25, -0.2) is 0 Å². The summed E-state index contributed by atoms with van der Waals surface area (Å²) in [7, 11) is 0. The van der Waals surface area contributed by atoms with Crippen LogP contribution in [0.15, 0.2) is 0 Å². The van der Waals surface area contributed by atoms with E-state index in [2.05, 4.69) is 10.2 Å². The lowest BCUT2D eigenvalue weighted by molar-refractivity contribution is 0.0392. The lowest BCUT2D eigenvalue weighted by atomic mass is 9.77. The van der Waals surface area contributed by atoms with E-state index in [1.807, 2.05) is 0 Å². The molecule has 98 valence electrons. The minimum Gasteiger partial charge on any atom is -0.381 e. The van der Waals surface area contributed by atoms with Crippen LogP contribution in [0.1, 0.15) is 32.1 Å².